The van der Waals surface area contributed by atoms with E-state index in [0.29, 0.717) is 0 Å². The van der Waals surface area contributed by atoms with Gasteiger partial charge in [-0.2, -0.15) is 0 Å². The molecular formula is C46H26N4OS. The largest absolute Gasteiger partial charge is 0.456 e. The SMILES string of the molecule is c1ccc(-c2nc3c(nc2-n2c4ccccc4c4cc5oc6ccccc6c5c(-n5c6ccccc6c6ccccc65)c42)sc2ccccc23)cc1. The Kier molecular flexibility index (Phi) is 5.59. The molecule has 0 atom stereocenters. The maximum atomic E-state index is 6.72. The van der Waals surface area contributed by atoms with Crippen molar-refractivity contribution >= 4 is 97.3 Å². The average Bonchev–Trinajstić information content (AvgIpc) is 3.94. The van der Waals surface area contributed by atoms with Gasteiger partial charge in [0.25, 0.3) is 0 Å². The smallest absolute Gasteiger partial charge is 0.166 e. The molecule has 0 spiro atoms. The van der Waals surface area contributed by atoms with Crippen LogP contribution < -0.4 is 0 Å². The molecule has 6 heteroatoms. The Labute approximate surface area is 300 Å². The van der Waals surface area contributed by atoms with Gasteiger partial charge in [-0.3, -0.25) is 4.57 Å². The fraction of sp³-hybridized carbons (Fsp3) is 0. The number of hydrogen-bond acceptors (Lipinski definition) is 4. The summed E-state index contributed by atoms with van der Waals surface area (Å²) in [5, 5.41) is 7.89. The molecule has 0 radical (unpaired) electrons. The van der Waals surface area contributed by atoms with Gasteiger partial charge in [0, 0.05) is 42.6 Å². The molecule has 5 aromatic heterocycles. The second-order valence-corrected chi connectivity index (χ2v) is 14.4. The molecule has 0 bridgehead atoms. The van der Waals surface area contributed by atoms with E-state index in [1.54, 1.807) is 11.3 Å². The molecule has 12 rings (SSSR count). The predicted octanol–water partition coefficient (Wildman–Crippen LogP) is 12.6. The van der Waals surface area contributed by atoms with Crippen LogP contribution in [0.15, 0.2) is 162 Å². The van der Waals surface area contributed by atoms with Crippen molar-refractivity contribution in [3.05, 3.63) is 158 Å². The van der Waals surface area contributed by atoms with Crippen LogP contribution in [0.4, 0.5) is 0 Å². The summed E-state index contributed by atoms with van der Waals surface area (Å²) in [5.41, 5.74) is 9.93. The Morgan fingerprint density at radius 1 is 0.481 bits per heavy atom. The highest BCUT2D eigenvalue weighted by Gasteiger charge is 2.27. The van der Waals surface area contributed by atoms with Gasteiger partial charge in [0.15, 0.2) is 5.82 Å². The van der Waals surface area contributed by atoms with Gasteiger partial charge in [0.05, 0.1) is 33.1 Å². The molecule has 5 heterocycles. The van der Waals surface area contributed by atoms with Crippen LogP contribution in [0.3, 0.4) is 0 Å². The van der Waals surface area contributed by atoms with Gasteiger partial charge in [0.1, 0.15) is 27.2 Å². The minimum absolute atomic E-state index is 0.797. The molecule has 7 aromatic carbocycles. The molecule has 0 saturated heterocycles. The Bertz CT molecular complexity index is 3370. The molecule has 0 aliphatic heterocycles. The quantitative estimate of drug-likeness (QED) is 0.186. The topological polar surface area (TPSA) is 48.8 Å². The van der Waals surface area contributed by atoms with Crippen molar-refractivity contribution in [1.82, 2.24) is 19.1 Å². The van der Waals surface area contributed by atoms with Gasteiger partial charge in [0.2, 0.25) is 0 Å². The van der Waals surface area contributed by atoms with Gasteiger partial charge >= 0.3 is 0 Å². The summed E-state index contributed by atoms with van der Waals surface area (Å²) in [4.78, 5) is 12.0. The van der Waals surface area contributed by atoms with Crippen molar-refractivity contribution in [3.63, 3.8) is 0 Å². The highest BCUT2D eigenvalue weighted by molar-refractivity contribution is 7.25. The summed E-state index contributed by atoms with van der Waals surface area (Å²) in [6.07, 6.45) is 0. The number of aromatic nitrogens is 4. The summed E-state index contributed by atoms with van der Waals surface area (Å²) in [6.45, 7) is 0. The number of hydrogen-bond donors (Lipinski definition) is 0. The van der Waals surface area contributed by atoms with Crippen LogP contribution in [0.2, 0.25) is 0 Å². The average molecular weight is 683 g/mol. The number of fused-ring (bicyclic) bond motifs is 12. The minimum atomic E-state index is 0.797. The third-order valence-corrected chi connectivity index (χ3v) is 11.6. The zero-order chi connectivity index (χ0) is 33.9. The molecule has 52 heavy (non-hydrogen) atoms. The van der Waals surface area contributed by atoms with Crippen LogP contribution in [0.25, 0.3) is 109 Å². The second kappa shape index (κ2) is 10.4. The monoisotopic (exact) mass is 682 g/mol. The van der Waals surface area contributed by atoms with E-state index < -0.39 is 0 Å². The first kappa shape index (κ1) is 28.0. The van der Waals surface area contributed by atoms with Crippen molar-refractivity contribution in [2.75, 3.05) is 0 Å². The van der Waals surface area contributed by atoms with E-state index in [2.05, 4.69) is 161 Å². The lowest BCUT2D eigenvalue weighted by Gasteiger charge is -2.17. The van der Waals surface area contributed by atoms with Crippen LogP contribution in [0.1, 0.15) is 0 Å². The van der Waals surface area contributed by atoms with E-state index in [1.807, 2.05) is 6.07 Å². The highest BCUT2D eigenvalue weighted by atomic mass is 32.1. The van der Waals surface area contributed by atoms with E-state index >= 15 is 0 Å². The van der Waals surface area contributed by atoms with Gasteiger partial charge in [-0.25, -0.2) is 9.97 Å². The van der Waals surface area contributed by atoms with Crippen molar-refractivity contribution in [1.29, 1.82) is 0 Å². The van der Waals surface area contributed by atoms with Crippen molar-refractivity contribution in [2.45, 2.75) is 0 Å². The van der Waals surface area contributed by atoms with Gasteiger partial charge in [-0.15, -0.1) is 11.3 Å². The lowest BCUT2D eigenvalue weighted by atomic mass is 10.1. The van der Waals surface area contributed by atoms with Gasteiger partial charge in [-0.05, 0) is 36.4 Å². The summed E-state index contributed by atoms with van der Waals surface area (Å²) >= 11 is 1.69. The number of thiophene rings is 1. The first-order valence-corrected chi connectivity index (χ1v) is 18.2. The third-order valence-electron chi connectivity index (χ3n) is 10.5. The Hall–Kier alpha value is -6.76. The molecule has 5 nitrogen and oxygen atoms in total. The second-order valence-electron chi connectivity index (χ2n) is 13.3. The zero-order valence-electron chi connectivity index (χ0n) is 27.6. The zero-order valence-corrected chi connectivity index (χ0v) is 28.4. The Balaban J connectivity index is 1.36. The van der Waals surface area contributed by atoms with E-state index in [1.165, 1.54) is 15.5 Å². The molecule has 0 aliphatic rings. The molecule has 12 aromatic rings. The lowest BCUT2D eigenvalue weighted by Crippen LogP contribution is -2.06. The number of para-hydroxylation sites is 4. The molecule has 242 valence electrons. The summed E-state index contributed by atoms with van der Waals surface area (Å²) in [7, 11) is 0. The molecular weight excluding hydrogens is 657 g/mol. The van der Waals surface area contributed by atoms with E-state index in [-0.39, 0.29) is 0 Å². The van der Waals surface area contributed by atoms with Crippen molar-refractivity contribution < 1.29 is 4.42 Å². The Morgan fingerprint density at radius 3 is 1.79 bits per heavy atom. The molecule has 0 saturated carbocycles. The number of furan rings is 1. The predicted molar refractivity (Wildman–Crippen MR) is 216 cm³/mol. The van der Waals surface area contributed by atoms with E-state index in [0.717, 1.165) is 93.3 Å². The molecule has 0 N–H and O–H groups in total. The molecule has 0 aliphatic carbocycles. The van der Waals surface area contributed by atoms with Crippen molar-refractivity contribution in [3.8, 4) is 22.8 Å². The summed E-state index contributed by atoms with van der Waals surface area (Å²) in [5.74, 6) is 0.797. The molecule has 0 unspecified atom stereocenters. The minimum Gasteiger partial charge on any atom is -0.456 e. The van der Waals surface area contributed by atoms with Crippen LogP contribution >= 0.6 is 11.3 Å². The van der Waals surface area contributed by atoms with E-state index in [9.17, 15) is 0 Å². The van der Waals surface area contributed by atoms with Crippen molar-refractivity contribution in [2.24, 2.45) is 0 Å². The normalized spacial score (nSPS) is 12.2. The number of nitrogens with zero attached hydrogens (tertiary/aromatic N) is 4. The molecule has 0 fully saturated rings. The third kappa shape index (κ3) is 3.71. The first-order chi connectivity index (χ1) is 25.8. The van der Waals surface area contributed by atoms with Crippen LogP contribution in [0, 0.1) is 0 Å². The maximum absolute atomic E-state index is 6.72. The van der Waals surface area contributed by atoms with Gasteiger partial charge in [-0.1, -0.05) is 121 Å². The number of benzene rings is 7. The van der Waals surface area contributed by atoms with Crippen LogP contribution in [-0.4, -0.2) is 19.1 Å². The summed E-state index contributed by atoms with van der Waals surface area (Å²) < 4.78 is 12.7. The standard InChI is InChI=1S/C46H26N4OS/c1-2-14-27(15-3-1)41-45(48-46-42(47-41)32-20-8-13-25-39(32)52-46)50-36-23-11-6-18-30(36)33-26-38-40(31-19-7-12-24-37(31)51-38)44(43(33)50)49-34-21-9-4-16-28(34)29-17-5-10-22-35(29)49/h1-26H. The molecule has 0 amide bonds. The van der Waals surface area contributed by atoms with Crippen LogP contribution in [0.5, 0.6) is 0 Å². The first-order valence-electron chi connectivity index (χ1n) is 17.4. The van der Waals surface area contributed by atoms with Crippen LogP contribution in [-0.2, 0) is 0 Å². The highest BCUT2D eigenvalue weighted by Crippen LogP contribution is 2.47. The van der Waals surface area contributed by atoms with E-state index in [4.69, 9.17) is 14.4 Å². The summed E-state index contributed by atoms with van der Waals surface area (Å²) in [6, 6.07) is 55.7. The fourth-order valence-corrected chi connectivity index (χ4v) is 9.38. The van der Waals surface area contributed by atoms with Gasteiger partial charge < -0.3 is 8.98 Å². The fourth-order valence-electron chi connectivity index (χ4n) is 8.36. The number of rotatable bonds is 3. The lowest BCUT2D eigenvalue weighted by molar-refractivity contribution is 0.669. The Morgan fingerprint density at radius 2 is 1.06 bits per heavy atom. The maximum Gasteiger partial charge on any atom is 0.166 e.